The number of benzene rings is 1. The topological polar surface area (TPSA) is 6.48 Å². The lowest BCUT2D eigenvalue weighted by atomic mass is 10.1. The molecule has 2 saturated heterocycles. The lowest BCUT2D eigenvalue weighted by Gasteiger charge is -2.28. The van der Waals surface area contributed by atoms with Gasteiger partial charge in [0.1, 0.15) is 0 Å². The van der Waals surface area contributed by atoms with E-state index in [-0.39, 0.29) is 0 Å². The van der Waals surface area contributed by atoms with Crippen LogP contribution in [0.15, 0.2) is 22.7 Å². The van der Waals surface area contributed by atoms with Crippen molar-refractivity contribution >= 4 is 33.2 Å². The number of halogens is 2. The number of hydrogen-bond acceptors (Lipinski definition) is 2. The van der Waals surface area contributed by atoms with Crippen molar-refractivity contribution in [2.75, 3.05) is 31.1 Å². The van der Waals surface area contributed by atoms with E-state index in [1.807, 2.05) is 0 Å². The SMILES string of the molecule is ClCc1ccc(N2CCCN3CCCC3C2)c(Br)c1. The molecule has 0 aromatic heterocycles. The van der Waals surface area contributed by atoms with Crippen LogP contribution in [0.3, 0.4) is 0 Å². The fourth-order valence-corrected chi connectivity index (χ4v) is 4.16. The molecule has 0 spiro atoms. The first-order valence-corrected chi connectivity index (χ1v) is 8.44. The van der Waals surface area contributed by atoms with Gasteiger partial charge in [-0.1, -0.05) is 6.07 Å². The van der Waals surface area contributed by atoms with E-state index in [1.165, 1.54) is 54.6 Å². The maximum absolute atomic E-state index is 5.90. The molecule has 1 atom stereocenters. The Morgan fingerprint density at radius 1 is 1.21 bits per heavy atom. The minimum atomic E-state index is 0.579. The fraction of sp³-hybridized carbons (Fsp3) is 0.600. The summed E-state index contributed by atoms with van der Waals surface area (Å²) in [4.78, 5) is 5.21. The number of anilines is 1. The van der Waals surface area contributed by atoms with Crippen molar-refractivity contribution in [1.29, 1.82) is 0 Å². The van der Waals surface area contributed by atoms with Gasteiger partial charge < -0.3 is 4.90 Å². The molecule has 104 valence electrons. The Morgan fingerprint density at radius 2 is 2.05 bits per heavy atom. The number of nitrogens with zero attached hydrogens (tertiary/aromatic N) is 2. The molecule has 0 bridgehead atoms. The van der Waals surface area contributed by atoms with Crippen LogP contribution < -0.4 is 4.90 Å². The van der Waals surface area contributed by atoms with E-state index < -0.39 is 0 Å². The molecule has 2 aliphatic rings. The van der Waals surface area contributed by atoms with Crippen LogP contribution in [0.1, 0.15) is 24.8 Å². The Balaban J connectivity index is 1.80. The van der Waals surface area contributed by atoms with Crippen LogP contribution in [0.4, 0.5) is 5.69 Å². The molecule has 1 unspecified atom stereocenters. The average Bonchev–Trinajstić information content (AvgIpc) is 2.76. The van der Waals surface area contributed by atoms with Crippen molar-refractivity contribution in [2.45, 2.75) is 31.2 Å². The van der Waals surface area contributed by atoms with Crippen LogP contribution in [-0.2, 0) is 5.88 Å². The van der Waals surface area contributed by atoms with E-state index in [0.717, 1.165) is 12.6 Å². The van der Waals surface area contributed by atoms with Crippen LogP contribution >= 0.6 is 27.5 Å². The first-order chi connectivity index (χ1) is 9.28. The molecule has 0 saturated carbocycles. The summed E-state index contributed by atoms with van der Waals surface area (Å²) in [6.07, 6.45) is 3.99. The highest BCUT2D eigenvalue weighted by atomic mass is 79.9. The number of alkyl halides is 1. The van der Waals surface area contributed by atoms with E-state index in [1.54, 1.807) is 0 Å². The number of fused-ring (bicyclic) bond motifs is 1. The van der Waals surface area contributed by atoms with E-state index in [4.69, 9.17) is 11.6 Å². The fourth-order valence-electron chi connectivity index (χ4n) is 3.32. The zero-order valence-electron chi connectivity index (χ0n) is 11.1. The average molecular weight is 344 g/mol. The molecule has 1 aromatic rings. The molecule has 4 heteroatoms. The summed E-state index contributed by atoms with van der Waals surface area (Å²) >= 11 is 9.60. The van der Waals surface area contributed by atoms with Gasteiger partial charge in [-0.2, -0.15) is 0 Å². The molecule has 0 aliphatic carbocycles. The van der Waals surface area contributed by atoms with Gasteiger partial charge >= 0.3 is 0 Å². The third-order valence-corrected chi connectivity index (χ3v) is 5.25. The van der Waals surface area contributed by atoms with Gasteiger partial charge in [-0.25, -0.2) is 0 Å². The van der Waals surface area contributed by atoms with Gasteiger partial charge in [-0.05, 0) is 59.4 Å². The van der Waals surface area contributed by atoms with Crippen LogP contribution in [-0.4, -0.2) is 37.1 Å². The smallest absolute Gasteiger partial charge is 0.0511 e. The minimum Gasteiger partial charge on any atom is -0.369 e. The Labute approximate surface area is 128 Å². The molecule has 2 aliphatic heterocycles. The van der Waals surface area contributed by atoms with Gasteiger partial charge in [-0.3, -0.25) is 4.90 Å². The first kappa shape index (κ1) is 13.7. The van der Waals surface area contributed by atoms with Gasteiger partial charge in [-0.15, -0.1) is 11.6 Å². The van der Waals surface area contributed by atoms with Crippen LogP contribution in [0.25, 0.3) is 0 Å². The zero-order valence-corrected chi connectivity index (χ0v) is 13.5. The molecule has 19 heavy (non-hydrogen) atoms. The quantitative estimate of drug-likeness (QED) is 0.752. The molecule has 0 N–H and O–H groups in total. The van der Waals surface area contributed by atoms with Gasteiger partial charge in [0, 0.05) is 36.0 Å². The maximum atomic E-state index is 5.90. The van der Waals surface area contributed by atoms with Crippen LogP contribution in [0.5, 0.6) is 0 Å². The molecule has 3 rings (SSSR count). The predicted octanol–water partition coefficient (Wildman–Crippen LogP) is 3.86. The third-order valence-electron chi connectivity index (χ3n) is 4.31. The second-order valence-electron chi connectivity index (χ2n) is 5.55. The molecule has 1 aromatic carbocycles. The normalized spacial score (nSPS) is 24.3. The van der Waals surface area contributed by atoms with Crippen molar-refractivity contribution in [3.63, 3.8) is 0 Å². The predicted molar refractivity (Wildman–Crippen MR) is 85.1 cm³/mol. The zero-order chi connectivity index (χ0) is 13.2. The molecular formula is C15H20BrClN2. The number of hydrogen-bond donors (Lipinski definition) is 0. The maximum Gasteiger partial charge on any atom is 0.0511 e. The molecule has 2 heterocycles. The highest BCUT2D eigenvalue weighted by Crippen LogP contribution is 2.31. The second-order valence-corrected chi connectivity index (χ2v) is 6.67. The lowest BCUT2D eigenvalue weighted by molar-refractivity contribution is 0.273. The van der Waals surface area contributed by atoms with Crippen molar-refractivity contribution in [1.82, 2.24) is 4.90 Å². The van der Waals surface area contributed by atoms with Gasteiger partial charge in [0.15, 0.2) is 0 Å². The van der Waals surface area contributed by atoms with Crippen molar-refractivity contribution in [2.24, 2.45) is 0 Å². The summed E-state index contributed by atoms with van der Waals surface area (Å²) in [6, 6.07) is 7.26. The first-order valence-electron chi connectivity index (χ1n) is 7.11. The van der Waals surface area contributed by atoms with Crippen LogP contribution in [0.2, 0.25) is 0 Å². The van der Waals surface area contributed by atoms with Crippen molar-refractivity contribution < 1.29 is 0 Å². The second kappa shape index (κ2) is 6.02. The summed E-state index contributed by atoms with van der Waals surface area (Å²) in [6.45, 7) is 4.88. The molecule has 0 radical (unpaired) electrons. The number of rotatable bonds is 2. The Hall–Kier alpha value is -0.250. The minimum absolute atomic E-state index is 0.579. The molecule has 2 nitrogen and oxygen atoms in total. The van der Waals surface area contributed by atoms with Crippen molar-refractivity contribution in [3.05, 3.63) is 28.2 Å². The monoisotopic (exact) mass is 342 g/mol. The van der Waals surface area contributed by atoms with Gasteiger partial charge in [0.2, 0.25) is 0 Å². The molecular weight excluding hydrogens is 324 g/mol. The Bertz CT molecular complexity index is 452. The van der Waals surface area contributed by atoms with E-state index >= 15 is 0 Å². The molecule has 0 amide bonds. The molecule has 2 fully saturated rings. The van der Waals surface area contributed by atoms with Gasteiger partial charge in [0.05, 0.1) is 5.69 Å². The summed E-state index contributed by atoms with van der Waals surface area (Å²) in [7, 11) is 0. The lowest BCUT2D eigenvalue weighted by Crippen LogP contribution is -2.36. The summed E-state index contributed by atoms with van der Waals surface area (Å²) < 4.78 is 1.18. The van der Waals surface area contributed by atoms with E-state index in [0.29, 0.717) is 5.88 Å². The largest absolute Gasteiger partial charge is 0.369 e. The Morgan fingerprint density at radius 3 is 2.84 bits per heavy atom. The summed E-state index contributed by atoms with van der Waals surface area (Å²) in [5, 5.41) is 0. The van der Waals surface area contributed by atoms with Crippen molar-refractivity contribution in [3.8, 4) is 0 Å². The highest BCUT2D eigenvalue weighted by molar-refractivity contribution is 9.10. The Kier molecular flexibility index (Phi) is 4.35. The van der Waals surface area contributed by atoms with E-state index in [2.05, 4.69) is 43.9 Å². The van der Waals surface area contributed by atoms with Crippen LogP contribution in [0, 0.1) is 0 Å². The van der Waals surface area contributed by atoms with E-state index in [9.17, 15) is 0 Å². The highest BCUT2D eigenvalue weighted by Gasteiger charge is 2.29. The van der Waals surface area contributed by atoms with Gasteiger partial charge in [0.25, 0.3) is 0 Å². The standard InChI is InChI=1S/C15H20BrClN2/c16-14-9-12(10-17)4-5-15(14)19-8-2-7-18-6-1-3-13(18)11-19/h4-5,9,13H,1-3,6-8,10-11H2. The summed E-state index contributed by atoms with van der Waals surface area (Å²) in [5.41, 5.74) is 2.50. The summed E-state index contributed by atoms with van der Waals surface area (Å²) in [5.74, 6) is 0.579. The third kappa shape index (κ3) is 2.93.